The number of rotatable bonds is 4. The zero-order chi connectivity index (χ0) is 12.1. The van der Waals surface area contributed by atoms with Gasteiger partial charge in [0, 0.05) is 30.7 Å². The molecule has 0 aliphatic carbocycles. The van der Waals surface area contributed by atoms with Gasteiger partial charge in [-0.05, 0) is 24.7 Å². The molecule has 1 N–H and O–H groups in total. The average molecular weight is 255 g/mol. The summed E-state index contributed by atoms with van der Waals surface area (Å²) < 4.78 is 5.40. The van der Waals surface area contributed by atoms with Crippen molar-refractivity contribution in [3.8, 4) is 0 Å². The maximum atomic E-state index is 6.06. The van der Waals surface area contributed by atoms with Crippen molar-refractivity contribution in [3.63, 3.8) is 0 Å². The Hall–Kier alpha value is -0.610. The summed E-state index contributed by atoms with van der Waals surface area (Å²) in [6, 6.07) is 8.51. The first-order chi connectivity index (χ1) is 8.31. The molecular formula is C13H19ClN2O. The Morgan fingerprint density at radius 1 is 1.41 bits per heavy atom. The molecule has 0 bridgehead atoms. The smallest absolute Gasteiger partial charge is 0.0594 e. The predicted molar refractivity (Wildman–Crippen MR) is 70.5 cm³/mol. The fourth-order valence-corrected chi connectivity index (χ4v) is 2.45. The van der Waals surface area contributed by atoms with Gasteiger partial charge < -0.3 is 10.1 Å². The Labute approximate surface area is 108 Å². The van der Waals surface area contributed by atoms with Gasteiger partial charge in [0.25, 0.3) is 0 Å². The molecule has 94 valence electrons. The largest absolute Gasteiger partial charge is 0.379 e. The quantitative estimate of drug-likeness (QED) is 0.889. The summed E-state index contributed by atoms with van der Waals surface area (Å²) in [7, 11) is 1.98. The molecule has 1 aliphatic rings. The molecule has 17 heavy (non-hydrogen) atoms. The van der Waals surface area contributed by atoms with Gasteiger partial charge in [-0.3, -0.25) is 4.90 Å². The van der Waals surface area contributed by atoms with E-state index in [0.717, 1.165) is 37.9 Å². The van der Waals surface area contributed by atoms with Crippen molar-refractivity contribution in [1.82, 2.24) is 10.2 Å². The van der Waals surface area contributed by atoms with Crippen LogP contribution in [-0.2, 0) is 4.74 Å². The van der Waals surface area contributed by atoms with Gasteiger partial charge >= 0.3 is 0 Å². The van der Waals surface area contributed by atoms with Gasteiger partial charge in [0.05, 0.1) is 13.2 Å². The lowest BCUT2D eigenvalue weighted by atomic mass is 10.0. The minimum atomic E-state index is 0.377. The molecule has 3 nitrogen and oxygen atoms in total. The lowest BCUT2D eigenvalue weighted by molar-refractivity contribution is 0.0165. The predicted octanol–water partition coefficient (Wildman–Crippen LogP) is 1.93. The van der Waals surface area contributed by atoms with Crippen LogP contribution < -0.4 is 5.32 Å². The Morgan fingerprint density at radius 2 is 2.18 bits per heavy atom. The van der Waals surface area contributed by atoms with E-state index in [1.165, 1.54) is 5.56 Å². The summed E-state index contributed by atoms with van der Waals surface area (Å²) in [6.07, 6.45) is 0. The Kier molecular flexibility index (Phi) is 4.80. The van der Waals surface area contributed by atoms with Gasteiger partial charge in [0.2, 0.25) is 0 Å². The number of ether oxygens (including phenoxy) is 1. The standard InChI is InChI=1S/C13H19ClN2O/c1-15-10-13(16-5-7-17-8-6-16)11-3-2-4-12(14)9-11/h2-4,9,13,15H,5-8,10H2,1H3. The molecule has 1 aromatic rings. The highest BCUT2D eigenvalue weighted by atomic mass is 35.5. The molecular weight excluding hydrogens is 236 g/mol. The number of hydrogen-bond acceptors (Lipinski definition) is 3. The number of halogens is 1. The van der Waals surface area contributed by atoms with Crippen LogP contribution in [0.2, 0.25) is 5.02 Å². The van der Waals surface area contributed by atoms with E-state index in [1.807, 2.05) is 19.2 Å². The highest BCUT2D eigenvalue weighted by molar-refractivity contribution is 6.30. The van der Waals surface area contributed by atoms with E-state index in [9.17, 15) is 0 Å². The first-order valence-electron chi connectivity index (χ1n) is 6.03. The summed E-state index contributed by atoms with van der Waals surface area (Å²) in [6.45, 7) is 4.54. The zero-order valence-corrected chi connectivity index (χ0v) is 10.9. The molecule has 1 heterocycles. The van der Waals surface area contributed by atoms with Crippen LogP contribution >= 0.6 is 11.6 Å². The second-order valence-corrected chi connectivity index (χ2v) is 4.71. The summed E-state index contributed by atoms with van der Waals surface area (Å²) in [4.78, 5) is 2.45. The summed E-state index contributed by atoms with van der Waals surface area (Å²) >= 11 is 6.06. The van der Waals surface area contributed by atoms with Gasteiger partial charge in [0.15, 0.2) is 0 Å². The number of benzene rings is 1. The van der Waals surface area contributed by atoms with E-state index >= 15 is 0 Å². The highest BCUT2D eigenvalue weighted by Gasteiger charge is 2.21. The van der Waals surface area contributed by atoms with Gasteiger partial charge in [-0.2, -0.15) is 0 Å². The van der Waals surface area contributed by atoms with E-state index in [-0.39, 0.29) is 0 Å². The van der Waals surface area contributed by atoms with Gasteiger partial charge in [-0.25, -0.2) is 0 Å². The molecule has 4 heteroatoms. The third-order valence-electron chi connectivity index (χ3n) is 3.12. The SMILES string of the molecule is CNCC(c1cccc(Cl)c1)N1CCOCC1. The van der Waals surface area contributed by atoms with Crippen LogP contribution in [0.5, 0.6) is 0 Å². The number of hydrogen-bond donors (Lipinski definition) is 1. The van der Waals surface area contributed by atoms with E-state index in [4.69, 9.17) is 16.3 Å². The molecule has 1 aromatic carbocycles. The molecule has 1 fully saturated rings. The van der Waals surface area contributed by atoms with Crippen molar-refractivity contribution in [2.45, 2.75) is 6.04 Å². The second-order valence-electron chi connectivity index (χ2n) is 4.28. The van der Waals surface area contributed by atoms with Crippen LogP contribution in [0.1, 0.15) is 11.6 Å². The Bertz CT molecular complexity index is 353. The van der Waals surface area contributed by atoms with E-state index in [2.05, 4.69) is 22.3 Å². The lowest BCUT2D eigenvalue weighted by Crippen LogP contribution is -2.42. The molecule has 0 amide bonds. The van der Waals surface area contributed by atoms with Crippen LogP contribution in [0.4, 0.5) is 0 Å². The third kappa shape index (κ3) is 3.42. The highest BCUT2D eigenvalue weighted by Crippen LogP contribution is 2.23. The Morgan fingerprint density at radius 3 is 2.82 bits per heavy atom. The Balaban J connectivity index is 2.15. The first-order valence-corrected chi connectivity index (χ1v) is 6.41. The van der Waals surface area contributed by atoms with Crippen molar-refractivity contribution < 1.29 is 4.74 Å². The van der Waals surface area contributed by atoms with Crippen LogP contribution in [0.15, 0.2) is 24.3 Å². The maximum Gasteiger partial charge on any atom is 0.0594 e. The molecule has 0 aromatic heterocycles. The van der Waals surface area contributed by atoms with Crippen LogP contribution in [-0.4, -0.2) is 44.8 Å². The second kappa shape index (κ2) is 6.36. The number of likely N-dealkylation sites (N-methyl/N-ethyl adjacent to an activating group) is 1. The molecule has 1 aliphatic heterocycles. The van der Waals surface area contributed by atoms with Crippen LogP contribution in [0, 0.1) is 0 Å². The number of nitrogens with one attached hydrogen (secondary N) is 1. The third-order valence-corrected chi connectivity index (χ3v) is 3.35. The average Bonchev–Trinajstić information content (AvgIpc) is 2.37. The van der Waals surface area contributed by atoms with Gasteiger partial charge in [-0.1, -0.05) is 23.7 Å². The summed E-state index contributed by atoms with van der Waals surface area (Å²) in [5.74, 6) is 0. The topological polar surface area (TPSA) is 24.5 Å². The zero-order valence-electron chi connectivity index (χ0n) is 10.2. The van der Waals surface area contributed by atoms with Crippen molar-refractivity contribution in [3.05, 3.63) is 34.9 Å². The van der Waals surface area contributed by atoms with Crippen LogP contribution in [0.25, 0.3) is 0 Å². The van der Waals surface area contributed by atoms with E-state index in [0.29, 0.717) is 6.04 Å². The minimum Gasteiger partial charge on any atom is -0.379 e. The first kappa shape index (κ1) is 12.8. The molecule has 1 saturated heterocycles. The normalized spacial score (nSPS) is 19.2. The lowest BCUT2D eigenvalue weighted by Gasteiger charge is -2.34. The molecule has 0 radical (unpaired) electrons. The van der Waals surface area contributed by atoms with Crippen molar-refractivity contribution in [1.29, 1.82) is 0 Å². The fourth-order valence-electron chi connectivity index (χ4n) is 2.25. The van der Waals surface area contributed by atoms with E-state index in [1.54, 1.807) is 0 Å². The number of morpholine rings is 1. The van der Waals surface area contributed by atoms with Crippen molar-refractivity contribution >= 4 is 11.6 Å². The molecule has 1 atom stereocenters. The fraction of sp³-hybridized carbons (Fsp3) is 0.538. The molecule has 0 saturated carbocycles. The van der Waals surface area contributed by atoms with E-state index < -0.39 is 0 Å². The minimum absolute atomic E-state index is 0.377. The van der Waals surface area contributed by atoms with Crippen molar-refractivity contribution in [2.24, 2.45) is 0 Å². The van der Waals surface area contributed by atoms with Gasteiger partial charge in [-0.15, -0.1) is 0 Å². The monoisotopic (exact) mass is 254 g/mol. The van der Waals surface area contributed by atoms with Crippen molar-refractivity contribution in [2.75, 3.05) is 39.9 Å². The van der Waals surface area contributed by atoms with Gasteiger partial charge in [0.1, 0.15) is 0 Å². The number of nitrogens with zero attached hydrogens (tertiary/aromatic N) is 1. The summed E-state index contributed by atoms with van der Waals surface area (Å²) in [5.41, 5.74) is 1.27. The molecule has 2 rings (SSSR count). The maximum absolute atomic E-state index is 6.06. The summed E-state index contributed by atoms with van der Waals surface area (Å²) in [5, 5.41) is 4.06. The molecule has 1 unspecified atom stereocenters. The van der Waals surface area contributed by atoms with Crippen LogP contribution in [0.3, 0.4) is 0 Å². The molecule has 0 spiro atoms.